The van der Waals surface area contributed by atoms with Crippen molar-refractivity contribution in [2.45, 2.75) is 13.3 Å². The molecule has 0 atom stereocenters. The van der Waals surface area contributed by atoms with E-state index in [1.54, 1.807) is 0 Å². The number of thioether (sulfide) groups is 1. The van der Waals surface area contributed by atoms with Crippen LogP contribution >= 0.6 is 23.1 Å². The van der Waals surface area contributed by atoms with Crippen LogP contribution in [0.15, 0.2) is 5.38 Å². The van der Waals surface area contributed by atoms with Crippen molar-refractivity contribution >= 4 is 34.1 Å². The highest BCUT2D eigenvalue weighted by molar-refractivity contribution is 7.99. The minimum absolute atomic E-state index is 0.0181. The van der Waals surface area contributed by atoms with Gasteiger partial charge in [-0.15, -0.1) is 11.3 Å². The minimum atomic E-state index is 0.0181. The molecule has 0 fully saturated rings. The van der Waals surface area contributed by atoms with E-state index in [4.69, 9.17) is 0 Å². The first-order chi connectivity index (χ1) is 6.26. The predicted octanol–water partition coefficient (Wildman–Crippen LogP) is 2.01. The van der Waals surface area contributed by atoms with Gasteiger partial charge in [-0.2, -0.15) is 11.8 Å². The van der Waals surface area contributed by atoms with Crippen LogP contribution in [0.4, 0.5) is 5.13 Å². The van der Waals surface area contributed by atoms with Crippen LogP contribution in [0.2, 0.25) is 0 Å². The summed E-state index contributed by atoms with van der Waals surface area (Å²) >= 11 is 2.98. The zero-order chi connectivity index (χ0) is 9.68. The number of anilines is 1. The van der Waals surface area contributed by atoms with Gasteiger partial charge in [0, 0.05) is 5.38 Å². The molecule has 3 nitrogen and oxygen atoms in total. The van der Waals surface area contributed by atoms with Crippen molar-refractivity contribution in [1.82, 2.24) is 4.98 Å². The van der Waals surface area contributed by atoms with Crippen LogP contribution in [0.25, 0.3) is 0 Å². The summed E-state index contributed by atoms with van der Waals surface area (Å²) in [6.07, 6.45) is 2.81. The zero-order valence-electron chi connectivity index (χ0n) is 7.66. The van der Waals surface area contributed by atoms with Crippen LogP contribution in [-0.2, 0) is 11.2 Å². The topological polar surface area (TPSA) is 42.0 Å². The number of thiazole rings is 1. The quantitative estimate of drug-likeness (QED) is 0.837. The smallest absolute Gasteiger partial charge is 0.236 e. The summed E-state index contributed by atoms with van der Waals surface area (Å²) in [4.78, 5) is 15.4. The standard InChI is InChI=1S/C8H12N2OS2/c1-3-6-4-13-8(9-6)10-7(11)5-12-2/h4H,3,5H2,1-2H3,(H,9,10,11). The lowest BCUT2D eigenvalue weighted by Crippen LogP contribution is -2.13. The first-order valence-corrected chi connectivity index (χ1v) is 6.26. The number of aryl methyl sites for hydroxylation is 1. The van der Waals surface area contributed by atoms with Gasteiger partial charge in [-0.3, -0.25) is 4.79 Å². The van der Waals surface area contributed by atoms with Gasteiger partial charge in [-0.05, 0) is 12.7 Å². The monoisotopic (exact) mass is 216 g/mol. The second-order valence-electron chi connectivity index (χ2n) is 2.48. The van der Waals surface area contributed by atoms with E-state index < -0.39 is 0 Å². The van der Waals surface area contributed by atoms with Gasteiger partial charge in [-0.1, -0.05) is 6.92 Å². The molecular formula is C8H12N2OS2. The molecule has 0 aliphatic heterocycles. The summed E-state index contributed by atoms with van der Waals surface area (Å²) in [5.41, 5.74) is 1.03. The fourth-order valence-corrected chi connectivity index (χ4v) is 1.96. The summed E-state index contributed by atoms with van der Waals surface area (Å²) in [6, 6.07) is 0. The molecule has 1 rings (SSSR count). The minimum Gasteiger partial charge on any atom is -0.301 e. The second-order valence-corrected chi connectivity index (χ2v) is 4.20. The highest BCUT2D eigenvalue weighted by Gasteiger charge is 2.04. The average Bonchev–Trinajstić information content (AvgIpc) is 2.52. The number of aromatic nitrogens is 1. The van der Waals surface area contributed by atoms with E-state index in [1.807, 2.05) is 18.6 Å². The highest BCUT2D eigenvalue weighted by Crippen LogP contribution is 2.15. The molecule has 0 aliphatic rings. The normalized spacial score (nSPS) is 10.0. The number of hydrogen-bond acceptors (Lipinski definition) is 4. The number of nitrogens with zero attached hydrogens (tertiary/aromatic N) is 1. The predicted molar refractivity (Wildman–Crippen MR) is 58.5 cm³/mol. The molecule has 0 aliphatic carbocycles. The number of amides is 1. The third-order valence-electron chi connectivity index (χ3n) is 1.44. The lowest BCUT2D eigenvalue weighted by atomic mass is 10.4. The SMILES string of the molecule is CCc1csc(NC(=O)CSC)n1. The fourth-order valence-electron chi connectivity index (χ4n) is 0.813. The maximum atomic E-state index is 11.1. The lowest BCUT2D eigenvalue weighted by Gasteiger charge is -1.97. The van der Waals surface area contributed by atoms with E-state index in [0.29, 0.717) is 10.9 Å². The maximum Gasteiger partial charge on any atom is 0.236 e. The Balaban J connectivity index is 2.49. The Kier molecular flexibility index (Phi) is 4.24. The summed E-state index contributed by atoms with van der Waals surface area (Å²) < 4.78 is 0. The third-order valence-corrected chi connectivity index (χ3v) is 2.79. The van der Waals surface area contributed by atoms with E-state index in [2.05, 4.69) is 10.3 Å². The summed E-state index contributed by atoms with van der Waals surface area (Å²) in [6.45, 7) is 2.04. The molecule has 5 heteroatoms. The molecule has 0 bridgehead atoms. The third kappa shape index (κ3) is 3.36. The first kappa shape index (κ1) is 10.5. The fraction of sp³-hybridized carbons (Fsp3) is 0.500. The van der Waals surface area contributed by atoms with E-state index >= 15 is 0 Å². The largest absolute Gasteiger partial charge is 0.301 e. The van der Waals surface area contributed by atoms with Crippen LogP contribution in [0.1, 0.15) is 12.6 Å². The maximum absolute atomic E-state index is 11.1. The van der Waals surface area contributed by atoms with Crippen LogP contribution in [0, 0.1) is 0 Å². The number of carbonyl (C=O) groups excluding carboxylic acids is 1. The van der Waals surface area contributed by atoms with E-state index in [-0.39, 0.29) is 5.91 Å². The molecule has 1 N–H and O–H groups in total. The Morgan fingerprint density at radius 1 is 1.77 bits per heavy atom. The van der Waals surface area contributed by atoms with Crippen molar-refractivity contribution in [1.29, 1.82) is 0 Å². The van der Waals surface area contributed by atoms with Crippen molar-refractivity contribution in [2.75, 3.05) is 17.3 Å². The van der Waals surface area contributed by atoms with E-state index in [1.165, 1.54) is 23.1 Å². The van der Waals surface area contributed by atoms with Crippen molar-refractivity contribution < 1.29 is 4.79 Å². The second kappa shape index (κ2) is 5.24. The molecule has 1 heterocycles. The van der Waals surface area contributed by atoms with Gasteiger partial charge in [0.2, 0.25) is 5.91 Å². The van der Waals surface area contributed by atoms with E-state index in [0.717, 1.165) is 12.1 Å². The van der Waals surface area contributed by atoms with Gasteiger partial charge >= 0.3 is 0 Å². The Labute approximate surface area is 86.0 Å². The van der Waals surface area contributed by atoms with Gasteiger partial charge in [-0.25, -0.2) is 4.98 Å². The Morgan fingerprint density at radius 3 is 3.08 bits per heavy atom. The number of nitrogens with one attached hydrogen (secondary N) is 1. The van der Waals surface area contributed by atoms with Gasteiger partial charge in [0.05, 0.1) is 11.4 Å². The van der Waals surface area contributed by atoms with Crippen molar-refractivity contribution in [3.05, 3.63) is 11.1 Å². The molecule has 0 spiro atoms. The Hall–Kier alpha value is -0.550. The lowest BCUT2D eigenvalue weighted by molar-refractivity contribution is -0.113. The Bertz CT molecular complexity index is 285. The van der Waals surface area contributed by atoms with Crippen LogP contribution in [0.5, 0.6) is 0 Å². The van der Waals surface area contributed by atoms with Gasteiger partial charge < -0.3 is 5.32 Å². The molecular weight excluding hydrogens is 204 g/mol. The van der Waals surface area contributed by atoms with Gasteiger partial charge in [0.1, 0.15) is 0 Å². The molecule has 72 valence electrons. The number of carbonyl (C=O) groups is 1. The van der Waals surface area contributed by atoms with Gasteiger partial charge in [0.25, 0.3) is 0 Å². The van der Waals surface area contributed by atoms with Crippen molar-refractivity contribution in [2.24, 2.45) is 0 Å². The molecule has 0 saturated carbocycles. The molecule has 1 aromatic heterocycles. The number of rotatable bonds is 4. The van der Waals surface area contributed by atoms with Gasteiger partial charge in [0.15, 0.2) is 5.13 Å². The molecule has 1 amide bonds. The molecule has 0 unspecified atom stereocenters. The van der Waals surface area contributed by atoms with Crippen LogP contribution < -0.4 is 5.32 Å². The summed E-state index contributed by atoms with van der Waals surface area (Å²) in [5.74, 6) is 0.505. The molecule has 0 radical (unpaired) electrons. The molecule has 0 saturated heterocycles. The first-order valence-electron chi connectivity index (χ1n) is 3.99. The highest BCUT2D eigenvalue weighted by atomic mass is 32.2. The summed E-state index contributed by atoms with van der Waals surface area (Å²) in [7, 11) is 0. The Morgan fingerprint density at radius 2 is 2.54 bits per heavy atom. The molecule has 0 aromatic carbocycles. The zero-order valence-corrected chi connectivity index (χ0v) is 9.30. The molecule has 1 aromatic rings. The molecule has 13 heavy (non-hydrogen) atoms. The summed E-state index contributed by atoms with van der Waals surface area (Å²) in [5, 5.41) is 5.42. The van der Waals surface area contributed by atoms with E-state index in [9.17, 15) is 4.79 Å². The van der Waals surface area contributed by atoms with Crippen molar-refractivity contribution in [3.63, 3.8) is 0 Å². The van der Waals surface area contributed by atoms with Crippen molar-refractivity contribution in [3.8, 4) is 0 Å². The average molecular weight is 216 g/mol. The van der Waals surface area contributed by atoms with Crippen LogP contribution in [0.3, 0.4) is 0 Å². The number of hydrogen-bond donors (Lipinski definition) is 1. The van der Waals surface area contributed by atoms with Crippen LogP contribution in [-0.4, -0.2) is 22.9 Å².